The van der Waals surface area contributed by atoms with Gasteiger partial charge in [0.1, 0.15) is 5.00 Å². The molecule has 2 amide bonds. The second-order valence-corrected chi connectivity index (χ2v) is 10.9. The van der Waals surface area contributed by atoms with Gasteiger partial charge in [-0.1, -0.05) is 0 Å². The molecule has 1 aliphatic carbocycles. The van der Waals surface area contributed by atoms with E-state index in [4.69, 9.17) is 5.73 Å². The topological polar surface area (TPSA) is 113 Å². The van der Waals surface area contributed by atoms with Gasteiger partial charge in [-0.15, -0.1) is 11.3 Å². The van der Waals surface area contributed by atoms with Crippen LogP contribution in [0.3, 0.4) is 0 Å². The van der Waals surface area contributed by atoms with Crippen molar-refractivity contribution in [2.24, 2.45) is 5.73 Å². The zero-order chi connectivity index (χ0) is 21.6. The fraction of sp³-hybridized carbons (Fsp3) is 0.400. The summed E-state index contributed by atoms with van der Waals surface area (Å²) in [6.07, 6.45) is 2.45. The van der Waals surface area contributed by atoms with Gasteiger partial charge in [0.05, 0.1) is 10.5 Å². The Morgan fingerprint density at radius 1 is 1.23 bits per heavy atom. The summed E-state index contributed by atoms with van der Waals surface area (Å²) in [5, 5.41) is 3.23. The van der Waals surface area contributed by atoms with Crippen LogP contribution in [0.1, 0.15) is 44.0 Å². The van der Waals surface area contributed by atoms with Crippen molar-refractivity contribution < 1.29 is 18.0 Å². The molecule has 1 saturated carbocycles. The van der Waals surface area contributed by atoms with Crippen LogP contribution in [0.2, 0.25) is 0 Å². The first-order valence-electron chi connectivity index (χ1n) is 9.71. The second-order valence-electron chi connectivity index (χ2n) is 7.79. The fourth-order valence-electron chi connectivity index (χ4n) is 3.63. The van der Waals surface area contributed by atoms with E-state index in [1.54, 1.807) is 7.05 Å². The smallest absolute Gasteiger partial charge is 0.256 e. The third kappa shape index (κ3) is 3.87. The molecule has 0 atom stereocenters. The van der Waals surface area contributed by atoms with E-state index in [-0.39, 0.29) is 10.9 Å². The van der Waals surface area contributed by atoms with Gasteiger partial charge in [-0.25, -0.2) is 8.42 Å². The van der Waals surface area contributed by atoms with Crippen LogP contribution in [-0.4, -0.2) is 56.1 Å². The number of carbonyl (C=O) groups excluding carboxylic acids is 2. The van der Waals surface area contributed by atoms with Crippen molar-refractivity contribution in [3.8, 4) is 0 Å². The highest BCUT2D eigenvalue weighted by atomic mass is 32.2. The van der Waals surface area contributed by atoms with Gasteiger partial charge in [-0.2, -0.15) is 4.31 Å². The van der Waals surface area contributed by atoms with Gasteiger partial charge in [0, 0.05) is 36.6 Å². The molecule has 0 spiro atoms. The summed E-state index contributed by atoms with van der Waals surface area (Å²) >= 11 is 1.36. The highest BCUT2D eigenvalue weighted by Gasteiger charge is 2.35. The number of nitrogens with one attached hydrogen (secondary N) is 1. The van der Waals surface area contributed by atoms with Crippen molar-refractivity contribution in [1.29, 1.82) is 0 Å². The highest BCUT2D eigenvalue weighted by Crippen LogP contribution is 2.37. The highest BCUT2D eigenvalue weighted by molar-refractivity contribution is 7.89. The number of primary amides is 1. The first-order chi connectivity index (χ1) is 14.2. The summed E-state index contributed by atoms with van der Waals surface area (Å²) in [4.78, 5) is 28.1. The van der Waals surface area contributed by atoms with Gasteiger partial charge in [0.25, 0.3) is 11.8 Å². The number of amides is 2. The summed E-state index contributed by atoms with van der Waals surface area (Å²) in [6, 6.07) is 5.90. The summed E-state index contributed by atoms with van der Waals surface area (Å²) in [6.45, 7) is 1.53. The van der Waals surface area contributed by atoms with Gasteiger partial charge in [-0.3, -0.25) is 9.59 Å². The lowest BCUT2D eigenvalue weighted by Crippen LogP contribution is -2.29. The first-order valence-corrected chi connectivity index (χ1v) is 12.0. The lowest BCUT2D eigenvalue weighted by molar-refractivity contribution is 0.1000. The average Bonchev–Trinajstić information content (AvgIpc) is 3.48. The second kappa shape index (κ2) is 7.77. The largest absolute Gasteiger partial charge is 0.365 e. The standard InChI is InChI=1S/C20H24N4O4S2/c1-23-10-9-15-16(11-23)29-20(17(15)18(21)25)22-19(26)12-3-7-14(8-4-12)30(27,28)24(2)13-5-6-13/h3-4,7-8,13H,5-6,9-11H2,1-2H3,(H2,21,25)(H,22,26). The van der Waals surface area contributed by atoms with Gasteiger partial charge < -0.3 is 16.0 Å². The molecule has 3 N–H and O–H groups in total. The number of nitrogens with zero attached hydrogens (tertiary/aromatic N) is 2. The summed E-state index contributed by atoms with van der Waals surface area (Å²) in [5.74, 6) is -0.971. The minimum atomic E-state index is -3.56. The van der Waals surface area contributed by atoms with Crippen molar-refractivity contribution >= 4 is 38.2 Å². The molecular weight excluding hydrogens is 424 g/mol. The molecule has 1 fully saturated rings. The average molecular weight is 449 g/mol. The van der Waals surface area contributed by atoms with E-state index in [1.807, 2.05) is 7.05 Å². The third-order valence-electron chi connectivity index (χ3n) is 5.58. The van der Waals surface area contributed by atoms with Crippen LogP contribution in [0.5, 0.6) is 0 Å². The van der Waals surface area contributed by atoms with E-state index < -0.39 is 21.8 Å². The van der Waals surface area contributed by atoms with Crippen molar-refractivity contribution in [2.45, 2.75) is 36.7 Å². The number of carbonyl (C=O) groups is 2. The molecule has 0 unspecified atom stereocenters. The van der Waals surface area contributed by atoms with Crippen molar-refractivity contribution in [1.82, 2.24) is 9.21 Å². The summed E-state index contributed by atoms with van der Waals surface area (Å²) in [5.41, 5.74) is 7.18. The Morgan fingerprint density at radius 3 is 2.50 bits per heavy atom. The number of benzene rings is 1. The first kappa shape index (κ1) is 21.0. The Morgan fingerprint density at radius 2 is 1.90 bits per heavy atom. The Balaban J connectivity index is 1.55. The number of rotatable bonds is 6. The Hall–Kier alpha value is -2.27. The van der Waals surface area contributed by atoms with E-state index in [0.717, 1.165) is 29.8 Å². The Labute approximate surface area is 179 Å². The van der Waals surface area contributed by atoms with E-state index in [1.165, 1.54) is 39.9 Å². The van der Waals surface area contributed by atoms with Crippen LogP contribution in [0.15, 0.2) is 29.2 Å². The number of nitrogens with two attached hydrogens (primary N) is 1. The third-order valence-corrected chi connectivity index (χ3v) is 8.63. The number of likely N-dealkylation sites (N-methyl/N-ethyl adjacent to an activating group) is 1. The minimum Gasteiger partial charge on any atom is -0.365 e. The van der Waals surface area contributed by atoms with Crippen LogP contribution in [0, 0.1) is 0 Å². The predicted molar refractivity (Wildman–Crippen MR) is 115 cm³/mol. The molecule has 1 aliphatic heterocycles. The normalized spacial score (nSPS) is 17.0. The molecule has 1 aromatic heterocycles. The van der Waals surface area contributed by atoms with Crippen molar-refractivity contribution in [3.05, 3.63) is 45.8 Å². The zero-order valence-corrected chi connectivity index (χ0v) is 18.5. The van der Waals surface area contributed by atoms with Crippen LogP contribution < -0.4 is 11.1 Å². The Bertz CT molecular complexity index is 1100. The number of anilines is 1. The molecule has 10 heteroatoms. The van der Waals surface area contributed by atoms with Gasteiger partial charge in [0.15, 0.2) is 0 Å². The molecule has 0 saturated heterocycles. The molecule has 30 heavy (non-hydrogen) atoms. The van der Waals surface area contributed by atoms with Crippen LogP contribution >= 0.6 is 11.3 Å². The predicted octanol–water partition coefficient (Wildman–Crippen LogP) is 1.87. The van der Waals surface area contributed by atoms with Crippen LogP contribution in [0.25, 0.3) is 0 Å². The molecule has 160 valence electrons. The minimum absolute atomic E-state index is 0.0640. The lowest BCUT2D eigenvalue weighted by atomic mass is 10.0. The van der Waals surface area contributed by atoms with Crippen LogP contribution in [0.4, 0.5) is 5.00 Å². The van der Waals surface area contributed by atoms with E-state index >= 15 is 0 Å². The molecule has 2 aromatic rings. The van der Waals surface area contributed by atoms with Crippen molar-refractivity contribution in [3.63, 3.8) is 0 Å². The number of fused-ring (bicyclic) bond motifs is 1. The molecule has 0 radical (unpaired) electrons. The maximum Gasteiger partial charge on any atom is 0.256 e. The lowest BCUT2D eigenvalue weighted by Gasteiger charge is -2.22. The zero-order valence-electron chi connectivity index (χ0n) is 16.8. The molecule has 8 nitrogen and oxygen atoms in total. The number of thiophene rings is 1. The molecule has 2 aliphatic rings. The summed E-state index contributed by atoms with van der Waals surface area (Å²) < 4.78 is 26.6. The molecule has 4 rings (SSSR count). The molecule has 0 bridgehead atoms. The van der Waals surface area contributed by atoms with Gasteiger partial charge in [0.2, 0.25) is 10.0 Å². The molecular formula is C20H24N4O4S2. The SMILES string of the molecule is CN1CCc2c(sc(NC(=O)c3ccc(S(=O)(=O)N(C)C4CC4)cc3)c2C(N)=O)C1. The molecule has 1 aromatic carbocycles. The van der Waals surface area contributed by atoms with Crippen molar-refractivity contribution in [2.75, 3.05) is 26.0 Å². The quantitative estimate of drug-likeness (QED) is 0.701. The van der Waals surface area contributed by atoms with E-state index in [2.05, 4.69) is 10.2 Å². The van der Waals surface area contributed by atoms with Crippen LogP contribution in [-0.2, 0) is 23.0 Å². The monoisotopic (exact) mass is 448 g/mol. The van der Waals surface area contributed by atoms with Gasteiger partial charge in [-0.05, 0) is 56.1 Å². The maximum atomic E-state index is 12.8. The number of hydrogen-bond acceptors (Lipinski definition) is 6. The summed E-state index contributed by atoms with van der Waals surface area (Å²) in [7, 11) is 0.0149. The number of hydrogen-bond donors (Lipinski definition) is 2. The fourth-order valence-corrected chi connectivity index (χ4v) is 6.38. The number of sulfonamides is 1. The van der Waals surface area contributed by atoms with E-state index in [0.29, 0.717) is 29.1 Å². The maximum absolute atomic E-state index is 12.8. The van der Waals surface area contributed by atoms with Gasteiger partial charge >= 0.3 is 0 Å². The Kier molecular flexibility index (Phi) is 5.43. The molecule has 2 heterocycles. The van der Waals surface area contributed by atoms with E-state index in [9.17, 15) is 18.0 Å².